The van der Waals surface area contributed by atoms with Crippen molar-refractivity contribution >= 4 is 43.7 Å². The number of hydrogen-bond acceptors (Lipinski definition) is 4. The first-order valence-corrected chi connectivity index (χ1v) is 15.0. The summed E-state index contributed by atoms with van der Waals surface area (Å²) in [6.45, 7) is 2.10. The maximum atomic E-state index is 6.25. The zero-order valence-corrected chi connectivity index (χ0v) is 24.5. The molecule has 0 aliphatic rings. The lowest BCUT2D eigenvalue weighted by Crippen LogP contribution is -2.00. The van der Waals surface area contributed by atoms with Crippen LogP contribution in [0.3, 0.4) is 0 Å². The van der Waals surface area contributed by atoms with Crippen molar-refractivity contribution in [2.45, 2.75) is 6.92 Å². The largest absolute Gasteiger partial charge is 0.456 e. The van der Waals surface area contributed by atoms with Crippen molar-refractivity contribution < 1.29 is 4.42 Å². The minimum absolute atomic E-state index is 0.612. The van der Waals surface area contributed by atoms with Crippen LogP contribution in [0.15, 0.2) is 144 Å². The van der Waals surface area contributed by atoms with Gasteiger partial charge in [-0.15, -0.1) is 0 Å². The quantitative estimate of drug-likeness (QED) is 0.208. The fourth-order valence-corrected chi connectivity index (χ4v) is 6.44. The van der Waals surface area contributed by atoms with E-state index in [4.69, 9.17) is 19.4 Å². The summed E-state index contributed by atoms with van der Waals surface area (Å²) in [5.41, 5.74) is 9.03. The number of benzene rings is 6. The molecule has 3 aromatic heterocycles. The van der Waals surface area contributed by atoms with Crippen molar-refractivity contribution in [3.63, 3.8) is 0 Å². The summed E-state index contributed by atoms with van der Waals surface area (Å²) < 4.78 is 8.57. The van der Waals surface area contributed by atoms with Crippen molar-refractivity contribution in [2.75, 3.05) is 0 Å². The Morgan fingerprint density at radius 3 is 2.04 bits per heavy atom. The zero-order valence-electron chi connectivity index (χ0n) is 24.5. The van der Waals surface area contributed by atoms with Crippen LogP contribution in [0, 0.1) is 6.92 Å². The third kappa shape index (κ3) is 4.13. The summed E-state index contributed by atoms with van der Waals surface area (Å²) in [5.74, 6) is 1.86. The SMILES string of the molecule is Cc1ccc2oc3cccc(-c4nc(-c5ccccc5)nc(-c5ccc6c(c5)c5ccccc5n6-c5ccccc5)n4)c3c2c1. The molecule has 0 saturated carbocycles. The van der Waals surface area contributed by atoms with E-state index < -0.39 is 0 Å². The summed E-state index contributed by atoms with van der Waals surface area (Å²) in [7, 11) is 0. The Kier molecular flexibility index (Phi) is 5.65. The lowest BCUT2D eigenvalue weighted by molar-refractivity contribution is 0.669. The fourth-order valence-electron chi connectivity index (χ4n) is 6.44. The molecule has 0 bridgehead atoms. The van der Waals surface area contributed by atoms with Gasteiger partial charge in [-0.25, -0.2) is 15.0 Å². The highest BCUT2D eigenvalue weighted by Crippen LogP contribution is 2.38. The first-order chi connectivity index (χ1) is 22.2. The molecule has 0 unspecified atom stereocenters. The van der Waals surface area contributed by atoms with Crippen LogP contribution >= 0.6 is 0 Å². The van der Waals surface area contributed by atoms with E-state index in [1.165, 1.54) is 10.9 Å². The van der Waals surface area contributed by atoms with Gasteiger partial charge in [0.05, 0.1) is 11.0 Å². The number of hydrogen-bond donors (Lipinski definition) is 0. The standard InChI is InChI=1S/C40H26N4O/c1-25-19-22-35-32(23-25)37-30(16-10-18-36(37)45-35)40-42-38(26-11-4-2-5-12-26)41-39(43-40)27-20-21-34-31(24-27)29-15-8-9-17-33(29)44(34)28-13-6-3-7-14-28/h2-24H,1H3. The number of fused-ring (bicyclic) bond motifs is 6. The average molecular weight is 579 g/mol. The van der Waals surface area contributed by atoms with Crippen LogP contribution in [-0.4, -0.2) is 19.5 Å². The van der Waals surface area contributed by atoms with E-state index in [0.29, 0.717) is 17.5 Å². The Balaban J connectivity index is 1.30. The number of aromatic nitrogens is 4. The molecule has 0 atom stereocenters. The highest BCUT2D eigenvalue weighted by molar-refractivity contribution is 6.12. The fraction of sp³-hybridized carbons (Fsp3) is 0.0250. The van der Waals surface area contributed by atoms with Crippen LogP contribution in [0.5, 0.6) is 0 Å². The molecule has 0 fully saturated rings. The second-order valence-electron chi connectivity index (χ2n) is 11.4. The Hall–Kier alpha value is -6.07. The Bertz CT molecular complexity index is 2550. The number of para-hydroxylation sites is 2. The Labute approximate surface area is 259 Å². The maximum absolute atomic E-state index is 6.25. The van der Waals surface area contributed by atoms with Gasteiger partial charge in [0.25, 0.3) is 0 Å². The molecular weight excluding hydrogens is 552 g/mol. The lowest BCUT2D eigenvalue weighted by Gasteiger charge is -2.10. The van der Waals surface area contributed by atoms with Crippen LogP contribution in [0.4, 0.5) is 0 Å². The number of nitrogens with zero attached hydrogens (tertiary/aromatic N) is 4. The highest BCUT2D eigenvalue weighted by Gasteiger charge is 2.19. The average Bonchev–Trinajstić information content (AvgIpc) is 3.64. The molecule has 6 aromatic carbocycles. The minimum atomic E-state index is 0.612. The van der Waals surface area contributed by atoms with Gasteiger partial charge in [0, 0.05) is 43.9 Å². The summed E-state index contributed by atoms with van der Waals surface area (Å²) >= 11 is 0. The van der Waals surface area contributed by atoms with E-state index in [-0.39, 0.29) is 0 Å². The molecule has 5 nitrogen and oxygen atoms in total. The summed E-state index contributed by atoms with van der Waals surface area (Å²) in [5, 5.41) is 4.39. The van der Waals surface area contributed by atoms with Gasteiger partial charge in [-0.1, -0.05) is 90.5 Å². The van der Waals surface area contributed by atoms with Crippen LogP contribution < -0.4 is 0 Å². The molecule has 0 aliphatic carbocycles. The predicted octanol–water partition coefficient (Wildman–Crippen LogP) is 10.2. The van der Waals surface area contributed by atoms with Crippen molar-refractivity contribution in [2.24, 2.45) is 0 Å². The smallest absolute Gasteiger partial charge is 0.164 e. The molecule has 0 N–H and O–H groups in total. The van der Waals surface area contributed by atoms with Gasteiger partial charge in [0.15, 0.2) is 17.5 Å². The van der Waals surface area contributed by atoms with Gasteiger partial charge in [-0.3, -0.25) is 0 Å². The van der Waals surface area contributed by atoms with Crippen LogP contribution in [-0.2, 0) is 0 Å². The van der Waals surface area contributed by atoms with E-state index >= 15 is 0 Å². The second-order valence-corrected chi connectivity index (χ2v) is 11.4. The van der Waals surface area contributed by atoms with Gasteiger partial charge in [-0.05, 0) is 61.5 Å². The molecule has 9 rings (SSSR count). The lowest BCUT2D eigenvalue weighted by atomic mass is 10.0. The van der Waals surface area contributed by atoms with Gasteiger partial charge in [0.2, 0.25) is 0 Å². The molecule has 0 amide bonds. The van der Waals surface area contributed by atoms with E-state index in [0.717, 1.165) is 60.7 Å². The molecule has 3 heterocycles. The summed E-state index contributed by atoms with van der Waals surface area (Å²) in [6, 6.07) is 48.0. The second kappa shape index (κ2) is 10.00. The van der Waals surface area contributed by atoms with Crippen molar-refractivity contribution in [3.8, 4) is 39.9 Å². The third-order valence-corrected chi connectivity index (χ3v) is 8.50. The topological polar surface area (TPSA) is 56.7 Å². The van der Waals surface area contributed by atoms with E-state index in [1.54, 1.807) is 0 Å². The summed E-state index contributed by atoms with van der Waals surface area (Å²) in [6.07, 6.45) is 0. The molecule has 0 aliphatic heterocycles. The molecule has 0 spiro atoms. The molecular formula is C40H26N4O. The van der Waals surface area contributed by atoms with Crippen LogP contribution in [0.2, 0.25) is 0 Å². The van der Waals surface area contributed by atoms with Crippen molar-refractivity contribution in [1.82, 2.24) is 19.5 Å². The Morgan fingerprint density at radius 2 is 1.20 bits per heavy atom. The van der Waals surface area contributed by atoms with Crippen molar-refractivity contribution in [3.05, 3.63) is 145 Å². The predicted molar refractivity (Wildman–Crippen MR) is 182 cm³/mol. The van der Waals surface area contributed by atoms with Gasteiger partial charge in [0.1, 0.15) is 11.2 Å². The van der Waals surface area contributed by atoms with Gasteiger partial charge < -0.3 is 8.98 Å². The minimum Gasteiger partial charge on any atom is -0.456 e. The zero-order chi connectivity index (χ0) is 29.9. The number of rotatable bonds is 4. The van der Waals surface area contributed by atoms with Crippen LogP contribution in [0.25, 0.3) is 83.6 Å². The first kappa shape index (κ1) is 25.4. The molecule has 5 heteroatoms. The molecule has 45 heavy (non-hydrogen) atoms. The number of furan rings is 1. The first-order valence-electron chi connectivity index (χ1n) is 15.0. The molecule has 212 valence electrons. The monoisotopic (exact) mass is 578 g/mol. The van der Waals surface area contributed by atoms with E-state index in [9.17, 15) is 0 Å². The third-order valence-electron chi connectivity index (χ3n) is 8.50. The van der Waals surface area contributed by atoms with Gasteiger partial charge in [-0.2, -0.15) is 0 Å². The van der Waals surface area contributed by atoms with Crippen LogP contribution in [0.1, 0.15) is 5.56 Å². The van der Waals surface area contributed by atoms with E-state index in [2.05, 4.69) is 96.4 Å². The molecule has 9 aromatic rings. The van der Waals surface area contributed by atoms with E-state index in [1.807, 2.05) is 54.6 Å². The highest BCUT2D eigenvalue weighted by atomic mass is 16.3. The normalized spacial score (nSPS) is 11.7. The maximum Gasteiger partial charge on any atom is 0.164 e. The van der Waals surface area contributed by atoms with Gasteiger partial charge >= 0.3 is 0 Å². The molecule has 0 saturated heterocycles. The molecule has 0 radical (unpaired) electrons. The Morgan fingerprint density at radius 1 is 0.489 bits per heavy atom. The number of aryl methyl sites for hydroxylation is 1. The summed E-state index contributed by atoms with van der Waals surface area (Å²) in [4.78, 5) is 15.2. The van der Waals surface area contributed by atoms with Crippen molar-refractivity contribution in [1.29, 1.82) is 0 Å².